The van der Waals surface area contributed by atoms with Gasteiger partial charge in [0.15, 0.2) is 0 Å². The van der Waals surface area contributed by atoms with E-state index in [0.717, 1.165) is 5.56 Å². The van der Waals surface area contributed by atoms with Crippen LogP contribution in [-0.2, 0) is 0 Å². The van der Waals surface area contributed by atoms with E-state index < -0.39 is 6.10 Å². The van der Waals surface area contributed by atoms with Crippen LogP contribution < -0.4 is 0 Å². The quantitative estimate of drug-likeness (QED) is 0.759. The molecule has 0 amide bonds. The van der Waals surface area contributed by atoms with E-state index in [9.17, 15) is 5.11 Å². The number of aliphatic hydroxyl groups excluding tert-OH is 1. The molecule has 1 N–H and O–H groups in total. The van der Waals surface area contributed by atoms with Crippen LogP contribution >= 0.6 is 0 Å². The second kappa shape index (κ2) is 4.43. The van der Waals surface area contributed by atoms with Gasteiger partial charge in [-0.3, -0.25) is 0 Å². The maximum atomic E-state index is 9.76. The highest BCUT2D eigenvalue weighted by atomic mass is 16.3. The Morgan fingerprint density at radius 1 is 1.14 bits per heavy atom. The molecule has 76 valence electrons. The predicted molar refractivity (Wildman–Crippen MR) is 60.9 cm³/mol. The van der Waals surface area contributed by atoms with Crippen LogP contribution in [0.25, 0.3) is 6.08 Å². The van der Waals surface area contributed by atoms with Crippen LogP contribution in [0.3, 0.4) is 0 Å². The van der Waals surface area contributed by atoms with Crippen LogP contribution in [0.15, 0.2) is 36.4 Å². The minimum atomic E-state index is -0.400. The molecule has 0 spiro atoms. The number of rotatable bonds is 2. The van der Waals surface area contributed by atoms with Gasteiger partial charge in [0.2, 0.25) is 0 Å². The lowest BCUT2D eigenvalue weighted by Gasteiger charge is -2.22. The summed E-state index contributed by atoms with van der Waals surface area (Å²) in [6.45, 7) is 6.06. The van der Waals surface area contributed by atoms with Crippen LogP contribution in [0.1, 0.15) is 26.3 Å². The van der Waals surface area contributed by atoms with E-state index in [-0.39, 0.29) is 5.41 Å². The molecule has 1 unspecified atom stereocenters. The van der Waals surface area contributed by atoms with Crippen molar-refractivity contribution in [2.45, 2.75) is 26.9 Å². The topological polar surface area (TPSA) is 20.2 Å². The third-order valence-corrected chi connectivity index (χ3v) is 2.16. The van der Waals surface area contributed by atoms with E-state index >= 15 is 0 Å². The molecular weight excluding hydrogens is 172 g/mol. The lowest BCUT2D eigenvalue weighted by atomic mass is 9.89. The lowest BCUT2D eigenvalue weighted by molar-refractivity contribution is 0.106. The Kier molecular flexibility index (Phi) is 3.48. The first kappa shape index (κ1) is 11.0. The zero-order chi connectivity index (χ0) is 10.6. The van der Waals surface area contributed by atoms with Crippen molar-refractivity contribution in [3.8, 4) is 0 Å². The molecule has 0 radical (unpaired) electrons. The van der Waals surface area contributed by atoms with Gasteiger partial charge in [-0.05, 0) is 11.0 Å². The molecule has 1 heteroatoms. The van der Waals surface area contributed by atoms with E-state index in [2.05, 4.69) is 0 Å². The van der Waals surface area contributed by atoms with Crippen LogP contribution in [0.2, 0.25) is 0 Å². The Labute approximate surface area is 86.1 Å². The normalized spacial score (nSPS) is 14.6. The van der Waals surface area contributed by atoms with Gasteiger partial charge in [-0.1, -0.05) is 63.3 Å². The van der Waals surface area contributed by atoms with Crippen molar-refractivity contribution in [3.05, 3.63) is 42.0 Å². The maximum Gasteiger partial charge on any atom is 0.0772 e. The van der Waals surface area contributed by atoms with Crippen molar-refractivity contribution in [2.75, 3.05) is 0 Å². The number of benzene rings is 1. The van der Waals surface area contributed by atoms with Crippen LogP contribution in [0.4, 0.5) is 0 Å². The SMILES string of the molecule is CC(C)(C)C(O)/C=C\c1ccccc1. The Balaban J connectivity index is 2.66. The standard InChI is InChI=1S/C13H18O/c1-13(2,3)12(14)10-9-11-7-5-4-6-8-11/h4-10,12,14H,1-3H3/b10-9-. The van der Waals surface area contributed by atoms with Gasteiger partial charge in [-0.25, -0.2) is 0 Å². The van der Waals surface area contributed by atoms with Gasteiger partial charge in [0.05, 0.1) is 6.10 Å². The molecule has 1 aromatic rings. The van der Waals surface area contributed by atoms with Crippen molar-refractivity contribution in [1.29, 1.82) is 0 Å². The fourth-order valence-corrected chi connectivity index (χ4v) is 1.06. The van der Waals surface area contributed by atoms with Crippen LogP contribution in [0.5, 0.6) is 0 Å². The van der Waals surface area contributed by atoms with Gasteiger partial charge in [-0.2, -0.15) is 0 Å². The highest BCUT2D eigenvalue weighted by Gasteiger charge is 2.18. The monoisotopic (exact) mass is 190 g/mol. The van der Waals surface area contributed by atoms with E-state index in [1.54, 1.807) is 0 Å². The highest BCUT2D eigenvalue weighted by Crippen LogP contribution is 2.20. The summed E-state index contributed by atoms with van der Waals surface area (Å²) in [5.41, 5.74) is 1.03. The summed E-state index contributed by atoms with van der Waals surface area (Å²) in [5, 5.41) is 9.76. The molecule has 0 fully saturated rings. The summed E-state index contributed by atoms with van der Waals surface area (Å²) in [7, 11) is 0. The van der Waals surface area contributed by atoms with Crippen molar-refractivity contribution in [1.82, 2.24) is 0 Å². The average molecular weight is 190 g/mol. The van der Waals surface area contributed by atoms with Gasteiger partial charge in [0.25, 0.3) is 0 Å². The van der Waals surface area contributed by atoms with Gasteiger partial charge in [0.1, 0.15) is 0 Å². The summed E-state index contributed by atoms with van der Waals surface area (Å²) >= 11 is 0. The molecule has 1 rings (SSSR count). The summed E-state index contributed by atoms with van der Waals surface area (Å²) in [6, 6.07) is 10.0. The van der Waals surface area contributed by atoms with E-state index in [1.807, 2.05) is 63.3 Å². The molecule has 0 aliphatic carbocycles. The number of aliphatic hydroxyl groups is 1. The summed E-state index contributed by atoms with van der Waals surface area (Å²) in [6.07, 6.45) is 3.40. The molecule has 0 saturated heterocycles. The van der Waals surface area contributed by atoms with Crippen LogP contribution in [-0.4, -0.2) is 11.2 Å². The molecular formula is C13H18O. The minimum absolute atomic E-state index is 0.0920. The first-order chi connectivity index (χ1) is 6.50. The Morgan fingerprint density at radius 3 is 2.21 bits per heavy atom. The molecule has 14 heavy (non-hydrogen) atoms. The Bertz CT molecular complexity index is 293. The molecule has 1 atom stereocenters. The highest BCUT2D eigenvalue weighted by molar-refractivity contribution is 5.49. The fraction of sp³-hybridized carbons (Fsp3) is 0.385. The molecule has 0 heterocycles. The molecule has 1 nitrogen and oxygen atoms in total. The third-order valence-electron chi connectivity index (χ3n) is 2.16. The first-order valence-electron chi connectivity index (χ1n) is 4.91. The van der Waals surface area contributed by atoms with Gasteiger partial charge >= 0.3 is 0 Å². The maximum absolute atomic E-state index is 9.76. The summed E-state index contributed by atoms with van der Waals surface area (Å²) in [5.74, 6) is 0. The van der Waals surface area contributed by atoms with Crippen LogP contribution in [0, 0.1) is 5.41 Å². The average Bonchev–Trinajstić information content (AvgIpc) is 2.14. The fourth-order valence-electron chi connectivity index (χ4n) is 1.06. The summed E-state index contributed by atoms with van der Waals surface area (Å²) < 4.78 is 0. The van der Waals surface area contributed by atoms with E-state index in [0.29, 0.717) is 0 Å². The zero-order valence-electron chi connectivity index (χ0n) is 9.07. The third kappa shape index (κ3) is 3.35. The van der Waals surface area contributed by atoms with Crippen molar-refractivity contribution in [3.63, 3.8) is 0 Å². The Hall–Kier alpha value is -1.08. The molecule has 0 aliphatic rings. The van der Waals surface area contributed by atoms with E-state index in [4.69, 9.17) is 0 Å². The second-order valence-corrected chi connectivity index (χ2v) is 4.58. The van der Waals surface area contributed by atoms with Gasteiger partial charge < -0.3 is 5.11 Å². The minimum Gasteiger partial charge on any atom is -0.388 e. The largest absolute Gasteiger partial charge is 0.388 e. The smallest absolute Gasteiger partial charge is 0.0772 e. The first-order valence-corrected chi connectivity index (χ1v) is 4.91. The number of hydrogen-bond donors (Lipinski definition) is 1. The van der Waals surface area contributed by atoms with E-state index in [1.165, 1.54) is 0 Å². The van der Waals surface area contributed by atoms with Crippen molar-refractivity contribution in [2.24, 2.45) is 5.41 Å². The molecule has 0 aliphatic heterocycles. The van der Waals surface area contributed by atoms with Crippen molar-refractivity contribution < 1.29 is 5.11 Å². The molecule has 0 saturated carbocycles. The second-order valence-electron chi connectivity index (χ2n) is 4.58. The molecule has 0 aromatic heterocycles. The lowest BCUT2D eigenvalue weighted by Crippen LogP contribution is -2.23. The Morgan fingerprint density at radius 2 is 1.71 bits per heavy atom. The molecule has 1 aromatic carbocycles. The van der Waals surface area contributed by atoms with Crippen molar-refractivity contribution >= 4 is 6.08 Å². The zero-order valence-corrected chi connectivity index (χ0v) is 9.07. The van der Waals surface area contributed by atoms with Gasteiger partial charge in [-0.15, -0.1) is 0 Å². The van der Waals surface area contributed by atoms with Gasteiger partial charge in [0, 0.05) is 0 Å². The molecule has 0 bridgehead atoms. The summed E-state index contributed by atoms with van der Waals surface area (Å²) in [4.78, 5) is 0. The predicted octanol–water partition coefficient (Wildman–Crippen LogP) is 3.11. The number of hydrogen-bond acceptors (Lipinski definition) is 1.